The van der Waals surface area contributed by atoms with E-state index in [1.54, 1.807) is 40.6 Å². The third-order valence-corrected chi connectivity index (χ3v) is 4.85. The number of hydrogen-bond acceptors (Lipinski definition) is 5. The molecule has 0 radical (unpaired) electrons. The standard InChI is InChI=1S/C16H19N5O2S/c1-11-2-3-12(14(17)22)10-13(11)19-15(23)20-5-7-21(8-6-20)16-18-4-9-24-16/h2-4,9-10H,5-8H2,1H3,(H2,17,22)(H,19,23). The molecular weight excluding hydrogens is 326 g/mol. The Morgan fingerprint density at radius 3 is 2.62 bits per heavy atom. The Hall–Kier alpha value is -2.61. The molecule has 1 saturated heterocycles. The molecule has 0 saturated carbocycles. The van der Waals surface area contributed by atoms with E-state index in [0.29, 0.717) is 24.3 Å². The van der Waals surface area contributed by atoms with E-state index in [0.717, 1.165) is 23.8 Å². The van der Waals surface area contributed by atoms with E-state index >= 15 is 0 Å². The van der Waals surface area contributed by atoms with Crippen LogP contribution in [0.5, 0.6) is 0 Å². The largest absolute Gasteiger partial charge is 0.366 e. The van der Waals surface area contributed by atoms with E-state index in [9.17, 15) is 9.59 Å². The molecule has 8 heteroatoms. The molecule has 0 bridgehead atoms. The zero-order chi connectivity index (χ0) is 17.1. The van der Waals surface area contributed by atoms with Gasteiger partial charge in [-0.1, -0.05) is 6.07 Å². The Balaban J connectivity index is 1.62. The molecule has 2 aromatic rings. The van der Waals surface area contributed by atoms with Crippen LogP contribution < -0.4 is 16.0 Å². The lowest BCUT2D eigenvalue weighted by molar-refractivity contribution is 0.1000. The number of urea groups is 1. The van der Waals surface area contributed by atoms with Gasteiger partial charge >= 0.3 is 6.03 Å². The summed E-state index contributed by atoms with van der Waals surface area (Å²) in [5, 5.41) is 5.81. The molecule has 126 valence electrons. The SMILES string of the molecule is Cc1ccc(C(N)=O)cc1NC(=O)N1CCN(c2nccs2)CC1. The first-order chi connectivity index (χ1) is 11.5. The molecule has 3 rings (SSSR count). The van der Waals surface area contributed by atoms with Crippen LogP contribution in [0.3, 0.4) is 0 Å². The predicted molar refractivity (Wildman–Crippen MR) is 94.6 cm³/mol. The molecule has 7 nitrogen and oxygen atoms in total. The summed E-state index contributed by atoms with van der Waals surface area (Å²) in [5.41, 5.74) is 7.17. The molecule has 1 aromatic heterocycles. The van der Waals surface area contributed by atoms with Gasteiger partial charge in [0.1, 0.15) is 0 Å². The Morgan fingerprint density at radius 2 is 2.00 bits per heavy atom. The number of benzene rings is 1. The van der Waals surface area contributed by atoms with E-state index in [4.69, 9.17) is 5.73 Å². The quantitative estimate of drug-likeness (QED) is 0.889. The number of anilines is 2. The number of hydrogen-bond donors (Lipinski definition) is 2. The van der Waals surface area contributed by atoms with Gasteiger partial charge in [-0.2, -0.15) is 0 Å². The zero-order valence-electron chi connectivity index (χ0n) is 13.4. The minimum absolute atomic E-state index is 0.168. The van der Waals surface area contributed by atoms with Crippen molar-refractivity contribution < 1.29 is 9.59 Å². The van der Waals surface area contributed by atoms with Gasteiger partial charge in [-0.05, 0) is 24.6 Å². The highest BCUT2D eigenvalue weighted by Crippen LogP contribution is 2.20. The minimum atomic E-state index is -0.512. The second kappa shape index (κ2) is 6.88. The summed E-state index contributed by atoms with van der Waals surface area (Å²) in [6.07, 6.45) is 1.79. The molecule has 0 atom stereocenters. The number of amides is 3. The van der Waals surface area contributed by atoms with E-state index in [2.05, 4.69) is 15.2 Å². The second-order valence-corrected chi connectivity index (χ2v) is 6.49. The lowest BCUT2D eigenvalue weighted by atomic mass is 10.1. The number of piperazine rings is 1. The van der Waals surface area contributed by atoms with Crippen LogP contribution in [0.15, 0.2) is 29.8 Å². The number of aryl methyl sites for hydroxylation is 1. The smallest absolute Gasteiger partial charge is 0.321 e. The zero-order valence-corrected chi connectivity index (χ0v) is 14.2. The van der Waals surface area contributed by atoms with Crippen molar-refractivity contribution in [3.63, 3.8) is 0 Å². The van der Waals surface area contributed by atoms with Crippen molar-refractivity contribution in [3.05, 3.63) is 40.9 Å². The highest BCUT2D eigenvalue weighted by molar-refractivity contribution is 7.13. The number of primary amides is 1. The minimum Gasteiger partial charge on any atom is -0.366 e. The third-order valence-electron chi connectivity index (χ3n) is 4.02. The summed E-state index contributed by atoms with van der Waals surface area (Å²) in [5.74, 6) is -0.512. The van der Waals surface area contributed by atoms with Crippen molar-refractivity contribution >= 4 is 34.1 Å². The molecule has 0 unspecified atom stereocenters. The monoisotopic (exact) mass is 345 g/mol. The summed E-state index contributed by atoms with van der Waals surface area (Å²) < 4.78 is 0. The Kier molecular flexibility index (Phi) is 4.66. The van der Waals surface area contributed by atoms with Gasteiger partial charge in [0.25, 0.3) is 0 Å². The Morgan fingerprint density at radius 1 is 1.25 bits per heavy atom. The number of nitrogens with one attached hydrogen (secondary N) is 1. The maximum atomic E-state index is 12.5. The van der Waals surface area contributed by atoms with Crippen LogP contribution in [-0.2, 0) is 0 Å². The highest BCUT2D eigenvalue weighted by atomic mass is 32.1. The van der Waals surface area contributed by atoms with Crippen LogP contribution in [0.1, 0.15) is 15.9 Å². The summed E-state index contributed by atoms with van der Waals surface area (Å²) in [6, 6.07) is 4.87. The fraction of sp³-hybridized carbons (Fsp3) is 0.312. The average Bonchev–Trinajstić information content (AvgIpc) is 3.11. The molecule has 1 fully saturated rings. The van der Waals surface area contributed by atoms with Gasteiger partial charge in [-0.25, -0.2) is 9.78 Å². The number of nitrogens with zero attached hydrogens (tertiary/aromatic N) is 3. The van der Waals surface area contributed by atoms with Crippen LogP contribution in [0, 0.1) is 6.92 Å². The van der Waals surface area contributed by atoms with Crippen molar-refractivity contribution in [2.45, 2.75) is 6.92 Å². The highest BCUT2D eigenvalue weighted by Gasteiger charge is 2.22. The number of nitrogens with two attached hydrogens (primary N) is 1. The van der Waals surface area contributed by atoms with Gasteiger partial charge in [0.05, 0.1) is 0 Å². The first kappa shape index (κ1) is 16.3. The second-order valence-electron chi connectivity index (χ2n) is 5.61. The van der Waals surface area contributed by atoms with Crippen LogP contribution in [-0.4, -0.2) is 48.0 Å². The van der Waals surface area contributed by atoms with Crippen LogP contribution in [0.4, 0.5) is 15.6 Å². The van der Waals surface area contributed by atoms with Gasteiger partial charge in [0.2, 0.25) is 5.91 Å². The van der Waals surface area contributed by atoms with Crippen LogP contribution >= 0.6 is 11.3 Å². The number of aromatic nitrogens is 1. The van der Waals surface area contributed by atoms with Crippen LogP contribution in [0.2, 0.25) is 0 Å². The number of carbonyl (C=O) groups is 2. The molecule has 3 N–H and O–H groups in total. The molecule has 24 heavy (non-hydrogen) atoms. The Labute approximate surface area is 144 Å². The number of carbonyl (C=O) groups excluding carboxylic acids is 2. The van der Waals surface area contributed by atoms with Crippen molar-refractivity contribution in [2.75, 3.05) is 36.4 Å². The summed E-state index contributed by atoms with van der Waals surface area (Å²) in [6.45, 7) is 4.63. The van der Waals surface area contributed by atoms with Gasteiger partial charge in [-0.15, -0.1) is 11.3 Å². The van der Waals surface area contributed by atoms with Crippen LogP contribution in [0.25, 0.3) is 0 Å². The number of rotatable bonds is 3. The normalized spacial score (nSPS) is 14.5. The van der Waals surface area contributed by atoms with Gasteiger partial charge in [-0.3, -0.25) is 4.79 Å². The summed E-state index contributed by atoms with van der Waals surface area (Å²) >= 11 is 1.60. The lowest BCUT2D eigenvalue weighted by Crippen LogP contribution is -2.50. The van der Waals surface area contributed by atoms with Crippen molar-refractivity contribution in [1.29, 1.82) is 0 Å². The molecule has 3 amide bonds. The molecular formula is C16H19N5O2S. The molecule has 1 aliphatic heterocycles. The number of thiazole rings is 1. The topological polar surface area (TPSA) is 91.6 Å². The predicted octanol–water partition coefficient (Wildman–Crippen LogP) is 1.90. The Bertz CT molecular complexity index is 739. The molecule has 0 spiro atoms. The molecule has 0 aliphatic carbocycles. The third kappa shape index (κ3) is 3.48. The molecule has 1 aliphatic rings. The van der Waals surface area contributed by atoms with E-state index in [1.807, 2.05) is 12.3 Å². The fourth-order valence-corrected chi connectivity index (χ4v) is 3.27. The average molecular weight is 345 g/mol. The maximum Gasteiger partial charge on any atom is 0.321 e. The first-order valence-electron chi connectivity index (χ1n) is 7.65. The van der Waals surface area contributed by atoms with E-state index in [-0.39, 0.29) is 6.03 Å². The van der Waals surface area contributed by atoms with E-state index in [1.165, 1.54) is 0 Å². The van der Waals surface area contributed by atoms with E-state index < -0.39 is 5.91 Å². The van der Waals surface area contributed by atoms with Crippen molar-refractivity contribution in [1.82, 2.24) is 9.88 Å². The van der Waals surface area contributed by atoms with Crippen molar-refractivity contribution in [2.24, 2.45) is 5.73 Å². The molecule has 2 heterocycles. The van der Waals surface area contributed by atoms with Gasteiger partial charge in [0.15, 0.2) is 5.13 Å². The molecule has 1 aromatic carbocycles. The maximum absolute atomic E-state index is 12.5. The van der Waals surface area contributed by atoms with Gasteiger partial charge in [0, 0.05) is 49.0 Å². The summed E-state index contributed by atoms with van der Waals surface area (Å²) in [4.78, 5) is 32.0. The fourth-order valence-electron chi connectivity index (χ4n) is 2.58. The lowest BCUT2D eigenvalue weighted by Gasteiger charge is -2.34. The van der Waals surface area contributed by atoms with Gasteiger partial charge < -0.3 is 20.9 Å². The summed E-state index contributed by atoms with van der Waals surface area (Å²) in [7, 11) is 0. The first-order valence-corrected chi connectivity index (χ1v) is 8.53. The van der Waals surface area contributed by atoms with Crippen molar-refractivity contribution in [3.8, 4) is 0 Å².